The lowest BCUT2D eigenvalue weighted by atomic mass is 10.3. The zero-order valence-corrected chi connectivity index (χ0v) is 15.2. The molecule has 1 heterocycles. The molecule has 0 aliphatic rings. The SMILES string of the molecule is CCCN(CCC)c1cc(C)nc(Nc2ccc(OCC)cc2)n1. The predicted molar refractivity (Wildman–Crippen MR) is 100 cm³/mol. The summed E-state index contributed by atoms with van der Waals surface area (Å²) in [7, 11) is 0. The smallest absolute Gasteiger partial charge is 0.229 e. The third-order valence-electron chi connectivity index (χ3n) is 3.57. The lowest BCUT2D eigenvalue weighted by molar-refractivity contribution is 0.340. The fourth-order valence-electron chi connectivity index (χ4n) is 2.58. The molecule has 1 N–H and O–H groups in total. The number of nitrogens with one attached hydrogen (secondary N) is 1. The maximum atomic E-state index is 5.47. The second kappa shape index (κ2) is 9.11. The van der Waals surface area contributed by atoms with Crippen molar-refractivity contribution in [3.63, 3.8) is 0 Å². The lowest BCUT2D eigenvalue weighted by Crippen LogP contribution is -2.26. The molecule has 0 atom stereocenters. The van der Waals surface area contributed by atoms with E-state index >= 15 is 0 Å². The topological polar surface area (TPSA) is 50.3 Å². The molecular formula is C19H28N4O. The number of aryl methyl sites for hydroxylation is 1. The molecule has 2 rings (SSSR count). The van der Waals surface area contributed by atoms with Crippen molar-refractivity contribution in [2.24, 2.45) is 0 Å². The van der Waals surface area contributed by atoms with E-state index in [-0.39, 0.29) is 0 Å². The summed E-state index contributed by atoms with van der Waals surface area (Å²) in [6.07, 6.45) is 2.20. The number of hydrogen-bond donors (Lipinski definition) is 1. The van der Waals surface area contributed by atoms with E-state index in [1.165, 1.54) is 0 Å². The Morgan fingerprint density at radius 1 is 1.00 bits per heavy atom. The Labute approximate surface area is 145 Å². The van der Waals surface area contributed by atoms with Crippen molar-refractivity contribution >= 4 is 17.5 Å². The molecule has 5 nitrogen and oxygen atoms in total. The minimum Gasteiger partial charge on any atom is -0.494 e. The van der Waals surface area contributed by atoms with Crippen molar-refractivity contribution < 1.29 is 4.74 Å². The third kappa shape index (κ3) is 5.11. The van der Waals surface area contributed by atoms with E-state index in [0.717, 1.165) is 48.9 Å². The Hall–Kier alpha value is -2.30. The minimum atomic E-state index is 0.631. The summed E-state index contributed by atoms with van der Waals surface area (Å²) in [5.74, 6) is 2.48. The highest BCUT2D eigenvalue weighted by Gasteiger charge is 2.09. The molecule has 0 radical (unpaired) electrons. The van der Waals surface area contributed by atoms with Gasteiger partial charge in [0, 0.05) is 30.5 Å². The molecule has 0 saturated carbocycles. The van der Waals surface area contributed by atoms with Crippen LogP contribution in [-0.2, 0) is 0 Å². The molecule has 0 aliphatic carbocycles. The first kappa shape index (κ1) is 18.0. The van der Waals surface area contributed by atoms with Crippen molar-refractivity contribution in [2.45, 2.75) is 40.5 Å². The summed E-state index contributed by atoms with van der Waals surface area (Å²) in [5, 5.41) is 3.29. The number of rotatable bonds is 9. The number of anilines is 3. The van der Waals surface area contributed by atoms with Gasteiger partial charge in [0.1, 0.15) is 11.6 Å². The first-order valence-corrected chi connectivity index (χ1v) is 8.76. The molecule has 0 unspecified atom stereocenters. The van der Waals surface area contributed by atoms with E-state index in [1.54, 1.807) is 0 Å². The molecule has 2 aromatic rings. The molecule has 5 heteroatoms. The van der Waals surface area contributed by atoms with Crippen molar-refractivity contribution in [1.29, 1.82) is 0 Å². The van der Waals surface area contributed by atoms with Crippen molar-refractivity contribution in [2.75, 3.05) is 29.9 Å². The monoisotopic (exact) mass is 328 g/mol. The number of hydrogen-bond acceptors (Lipinski definition) is 5. The maximum absolute atomic E-state index is 5.47. The minimum absolute atomic E-state index is 0.631. The summed E-state index contributed by atoms with van der Waals surface area (Å²) in [6, 6.07) is 9.90. The van der Waals surface area contributed by atoms with Gasteiger partial charge in [-0.3, -0.25) is 0 Å². The van der Waals surface area contributed by atoms with Gasteiger partial charge in [0.15, 0.2) is 0 Å². The van der Waals surface area contributed by atoms with Crippen molar-refractivity contribution in [3.05, 3.63) is 36.0 Å². The largest absolute Gasteiger partial charge is 0.494 e. The van der Waals surface area contributed by atoms with Crippen LogP contribution in [-0.4, -0.2) is 29.7 Å². The summed E-state index contributed by atoms with van der Waals surface area (Å²) >= 11 is 0. The summed E-state index contributed by atoms with van der Waals surface area (Å²) < 4.78 is 5.47. The second-order valence-electron chi connectivity index (χ2n) is 5.76. The number of benzene rings is 1. The van der Waals surface area contributed by atoms with Crippen LogP contribution in [0.15, 0.2) is 30.3 Å². The Bertz CT molecular complexity index is 622. The molecule has 1 aromatic heterocycles. The third-order valence-corrected chi connectivity index (χ3v) is 3.57. The molecule has 130 valence electrons. The molecule has 0 amide bonds. The van der Waals surface area contributed by atoms with Crippen LogP contribution in [0.3, 0.4) is 0 Å². The van der Waals surface area contributed by atoms with Crippen LogP contribution in [0.25, 0.3) is 0 Å². The number of nitrogens with zero attached hydrogens (tertiary/aromatic N) is 3. The zero-order chi connectivity index (χ0) is 17.4. The van der Waals surface area contributed by atoms with Gasteiger partial charge in [-0.05, 0) is 51.0 Å². The molecule has 1 aromatic carbocycles. The second-order valence-corrected chi connectivity index (χ2v) is 5.76. The fraction of sp³-hybridized carbons (Fsp3) is 0.474. The highest BCUT2D eigenvalue weighted by Crippen LogP contribution is 2.21. The van der Waals surface area contributed by atoms with Gasteiger partial charge in [0.05, 0.1) is 6.61 Å². The average Bonchev–Trinajstić information content (AvgIpc) is 2.56. The van der Waals surface area contributed by atoms with Gasteiger partial charge in [-0.2, -0.15) is 4.98 Å². The highest BCUT2D eigenvalue weighted by atomic mass is 16.5. The number of ether oxygens (including phenoxy) is 1. The Balaban J connectivity index is 2.17. The highest BCUT2D eigenvalue weighted by molar-refractivity contribution is 5.56. The van der Waals surface area contributed by atoms with E-state index in [2.05, 4.69) is 35.1 Å². The molecule has 24 heavy (non-hydrogen) atoms. The molecule has 0 spiro atoms. The van der Waals surface area contributed by atoms with Gasteiger partial charge in [-0.15, -0.1) is 0 Å². The zero-order valence-electron chi connectivity index (χ0n) is 15.2. The first-order chi connectivity index (χ1) is 11.7. The molecule has 0 aliphatic heterocycles. The Kier molecular flexibility index (Phi) is 6.85. The fourth-order valence-corrected chi connectivity index (χ4v) is 2.58. The van der Waals surface area contributed by atoms with Crippen LogP contribution in [0, 0.1) is 6.92 Å². The van der Waals surface area contributed by atoms with Crippen molar-refractivity contribution in [3.8, 4) is 5.75 Å². The van der Waals surface area contributed by atoms with Gasteiger partial charge in [-0.1, -0.05) is 13.8 Å². The Morgan fingerprint density at radius 3 is 2.25 bits per heavy atom. The summed E-state index contributed by atoms with van der Waals surface area (Å²) in [4.78, 5) is 11.5. The van der Waals surface area contributed by atoms with E-state index in [0.29, 0.717) is 12.6 Å². The van der Waals surface area contributed by atoms with Gasteiger partial charge >= 0.3 is 0 Å². The molecule has 0 fully saturated rings. The first-order valence-electron chi connectivity index (χ1n) is 8.76. The van der Waals surface area contributed by atoms with Crippen LogP contribution >= 0.6 is 0 Å². The summed E-state index contributed by atoms with van der Waals surface area (Å²) in [6.45, 7) is 11.0. The van der Waals surface area contributed by atoms with Crippen LogP contribution in [0.2, 0.25) is 0 Å². The standard InChI is InChI=1S/C19H28N4O/c1-5-12-23(13-6-2)18-14-15(4)20-19(22-18)21-16-8-10-17(11-9-16)24-7-3/h8-11,14H,5-7,12-13H2,1-4H3,(H,20,21,22). The van der Waals surface area contributed by atoms with Crippen LogP contribution in [0.4, 0.5) is 17.5 Å². The van der Waals surface area contributed by atoms with Gasteiger partial charge in [0.2, 0.25) is 5.95 Å². The molecule has 0 saturated heterocycles. The summed E-state index contributed by atoms with van der Waals surface area (Å²) in [5.41, 5.74) is 1.91. The van der Waals surface area contributed by atoms with Gasteiger partial charge in [0.25, 0.3) is 0 Å². The van der Waals surface area contributed by atoms with Crippen LogP contribution in [0.5, 0.6) is 5.75 Å². The van der Waals surface area contributed by atoms with Gasteiger partial charge < -0.3 is 15.0 Å². The normalized spacial score (nSPS) is 10.5. The molecular weight excluding hydrogens is 300 g/mol. The van der Waals surface area contributed by atoms with Crippen LogP contribution in [0.1, 0.15) is 39.3 Å². The lowest BCUT2D eigenvalue weighted by Gasteiger charge is -2.23. The predicted octanol–water partition coefficient (Wildman–Crippen LogP) is 4.55. The van der Waals surface area contributed by atoms with Crippen LogP contribution < -0.4 is 15.0 Å². The van der Waals surface area contributed by atoms with E-state index in [9.17, 15) is 0 Å². The Morgan fingerprint density at radius 2 is 1.67 bits per heavy atom. The van der Waals surface area contributed by atoms with E-state index < -0.39 is 0 Å². The van der Waals surface area contributed by atoms with Gasteiger partial charge in [-0.25, -0.2) is 4.98 Å². The maximum Gasteiger partial charge on any atom is 0.229 e. The van der Waals surface area contributed by atoms with E-state index in [4.69, 9.17) is 9.72 Å². The van der Waals surface area contributed by atoms with Crippen molar-refractivity contribution in [1.82, 2.24) is 9.97 Å². The molecule has 0 bridgehead atoms. The number of aromatic nitrogens is 2. The van der Waals surface area contributed by atoms with E-state index in [1.807, 2.05) is 38.1 Å². The quantitative estimate of drug-likeness (QED) is 0.731. The average molecular weight is 328 g/mol.